The van der Waals surface area contributed by atoms with Crippen LogP contribution in [0.15, 0.2) is 16.7 Å². The molecule has 1 atom stereocenters. The summed E-state index contributed by atoms with van der Waals surface area (Å²) in [7, 11) is 0. The van der Waals surface area contributed by atoms with Gasteiger partial charge in [-0.05, 0) is 53.9 Å². The Morgan fingerprint density at radius 2 is 2.47 bits per heavy atom. The van der Waals surface area contributed by atoms with E-state index in [1.807, 2.05) is 6.07 Å². The smallest absolute Gasteiger partial charge is 0.123 e. The van der Waals surface area contributed by atoms with E-state index in [4.69, 9.17) is 5.73 Å². The molecule has 0 aromatic carbocycles. The van der Waals surface area contributed by atoms with Crippen LogP contribution in [0.4, 0.5) is 5.82 Å². The molecule has 15 heavy (non-hydrogen) atoms. The summed E-state index contributed by atoms with van der Waals surface area (Å²) in [5.74, 6) is 0.597. The van der Waals surface area contributed by atoms with Crippen LogP contribution >= 0.6 is 15.9 Å². The number of pyridine rings is 1. The molecule has 1 fully saturated rings. The minimum Gasteiger partial charge on any atom is -0.384 e. The Balaban J connectivity index is 2.12. The highest BCUT2D eigenvalue weighted by atomic mass is 79.9. The van der Waals surface area contributed by atoms with Crippen molar-refractivity contribution in [2.24, 2.45) is 0 Å². The third-order valence-electron chi connectivity index (χ3n) is 3.02. The summed E-state index contributed by atoms with van der Waals surface area (Å²) >= 11 is 3.51. The third-order valence-corrected chi connectivity index (χ3v) is 3.73. The molecule has 0 unspecified atom stereocenters. The van der Waals surface area contributed by atoms with E-state index in [2.05, 4.69) is 32.7 Å². The maximum Gasteiger partial charge on any atom is 0.123 e. The van der Waals surface area contributed by atoms with E-state index in [1.54, 1.807) is 6.20 Å². The van der Waals surface area contributed by atoms with Crippen LogP contribution in [0, 0.1) is 0 Å². The number of rotatable bonds is 2. The van der Waals surface area contributed by atoms with Gasteiger partial charge in [0.25, 0.3) is 0 Å². The second-order valence-corrected chi connectivity index (χ2v) is 5.02. The Labute approximate surface area is 98.8 Å². The zero-order valence-electron chi connectivity index (χ0n) is 8.91. The second-order valence-electron chi connectivity index (χ2n) is 4.16. The minimum absolute atomic E-state index is 0.597. The van der Waals surface area contributed by atoms with Crippen molar-refractivity contribution in [2.75, 3.05) is 12.3 Å². The molecule has 0 spiro atoms. The fraction of sp³-hybridized carbons (Fsp3) is 0.545. The van der Waals surface area contributed by atoms with Crippen LogP contribution in [0.3, 0.4) is 0 Å². The van der Waals surface area contributed by atoms with Crippen molar-refractivity contribution >= 4 is 21.7 Å². The van der Waals surface area contributed by atoms with Crippen molar-refractivity contribution < 1.29 is 0 Å². The van der Waals surface area contributed by atoms with E-state index in [0.29, 0.717) is 11.9 Å². The number of nitrogen functional groups attached to an aromatic ring is 1. The lowest BCUT2D eigenvalue weighted by Crippen LogP contribution is -2.26. The molecule has 1 aliphatic heterocycles. The molecule has 1 aromatic heterocycles. The zero-order chi connectivity index (χ0) is 10.8. The van der Waals surface area contributed by atoms with E-state index in [9.17, 15) is 0 Å². The van der Waals surface area contributed by atoms with Crippen molar-refractivity contribution in [1.29, 1.82) is 0 Å². The maximum absolute atomic E-state index is 5.69. The summed E-state index contributed by atoms with van der Waals surface area (Å²) in [5, 5.41) is 0. The van der Waals surface area contributed by atoms with Gasteiger partial charge in [-0.3, -0.25) is 4.90 Å². The first-order valence-electron chi connectivity index (χ1n) is 5.31. The summed E-state index contributed by atoms with van der Waals surface area (Å²) in [5.41, 5.74) is 6.92. The number of hydrogen-bond acceptors (Lipinski definition) is 3. The Bertz CT molecular complexity index is 354. The number of nitrogens with zero attached hydrogens (tertiary/aromatic N) is 2. The molecule has 2 heterocycles. The van der Waals surface area contributed by atoms with Gasteiger partial charge in [-0.15, -0.1) is 0 Å². The van der Waals surface area contributed by atoms with Gasteiger partial charge < -0.3 is 5.73 Å². The lowest BCUT2D eigenvalue weighted by molar-refractivity contribution is 0.260. The summed E-state index contributed by atoms with van der Waals surface area (Å²) in [6.07, 6.45) is 4.39. The van der Waals surface area contributed by atoms with Crippen molar-refractivity contribution in [1.82, 2.24) is 9.88 Å². The molecule has 82 valence electrons. The number of hydrogen-bond donors (Lipinski definition) is 1. The lowest BCUT2D eigenvalue weighted by atomic mass is 10.2. The van der Waals surface area contributed by atoms with Gasteiger partial charge in [0, 0.05) is 23.3 Å². The average molecular weight is 270 g/mol. The van der Waals surface area contributed by atoms with Crippen LogP contribution in [-0.2, 0) is 6.54 Å². The van der Waals surface area contributed by atoms with Crippen LogP contribution in [-0.4, -0.2) is 22.5 Å². The molecule has 1 saturated heterocycles. The molecule has 1 aromatic rings. The van der Waals surface area contributed by atoms with Gasteiger partial charge in [-0.2, -0.15) is 0 Å². The number of halogens is 1. The first-order chi connectivity index (χ1) is 7.16. The van der Waals surface area contributed by atoms with Crippen molar-refractivity contribution in [3.8, 4) is 0 Å². The van der Waals surface area contributed by atoms with Gasteiger partial charge in [-0.1, -0.05) is 0 Å². The Kier molecular flexibility index (Phi) is 3.26. The van der Waals surface area contributed by atoms with E-state index in [1.165, 1.54) is 24.9 Å². The van der Waals surface area contributed by atoms with Crippen molar-refractivity contribution in [3.05, 3.63) is 22.3 Å². The molecule has 4 heteroatoms. The molecule has 3 nitrogen and oxygen atoms in total. The lowest BCUT2D eigenvalue weighted by Gasteiger charge is -2.21. The fourth-order valence-electron chi connectivity index (χ4n) is 2.07. The molecule has 0 radical (unpaired) electrons. The van der Waals surface area contributed by atoms with Gasteiger partial charge >= 0.3 is 0 Å². The van der Waals surface area contributed by atoms with E-state index < -0.39 is 0 Å². The zero-order valence-corrected chi connectivity index (χ0v) is 10.5. The quantitative estimate of drug-likeness (QED) is 0.897. The second kappa shape index (κ2) is 4.49. The summed E-state index contributed by atoms with van der Waals surface area (Å²) in [6.45, 7) is 4.44. The first kappa shape index (κ1) is 10.9. The summed E-state index contributed by atoms with van der Waals surface area (Å²) < 4.78 is 1.05. The molecule has 0 bridgehead atoms. The van der Waals surface area contributed by atoms with Crippen LogP contribution in [0.2, 0.25) is 0 Å². The normalized spacial score (nSPS) is 22.1. The van der Waals surface area contributed by atoms with Gasteiger partial charge in [-0.25, -0.2) is 4.98 Å². The average Bonchev–Trinajstić information content (AvgIpc) is 2.58. The number of anilines is 1. The summed E-state index contributed by atoms with van der Waals surface area (Å²) in [6, 6.07) is 2.64. The Morgan fingerprint density at radius 3 is 3.13 bits per heavy atom. The number of aromatic nitrogens is 1. The molecular formula is C11H16BrN3. The van der Waals surface area contributed by atoms with Gasteiger partial charge in [0.05, 0.1) is 0 Å². The molecule has 1 aliphatic rings. The highest BCUT2D eigenvalue weighted by molar-refractivity contribution is 9.10. The van der Waals surface area contributed by atoms with E-state index in [0.717, 1.165) is 11.0 Å². The molecule has 0 saturated carbocycles. The fourth-order valence-corrected chi connectivity index (χ4v) is 2.41. The molecule has 2 N–H and O–H groups in total. The molecular weight excluding hydrogens is 254 g/mol. The Morgan fingerprint density at radius 1 is 1.67 bits per heavy atom. The van der Waals surface area contributed by atoms with Crippen LogP contribution in [0.5, 0.6) is 0 Å². The predicted molar refractivity (Wildman–Crippen MR) is 65.5 cm³/mol. The van der Waals surface area contributed by atoms with Crippen LogP contribution in [0.25, 0.3) is 0 Å². The maximum atomic E-state index is 5.69. The van der Waals surface area contributed by atoms with Crippen molar-refractivity contribution in [3.63, 3.8) is 0 Å². The van der Waals surface area contributed by atoms with Gasteiger partial charge in [0.1, 0.15) is 5.82 Å². The summed E-state index contributed by atoms with van der Waals surface area (Å²) in [4.78, 5) is 6.53. The third kappa shape index (κ3) is 2.49. The monoisotopic (exact) mass is 269 g/mol. The topological polar surface area (TPSA) is 42.1 Å². The van der Waals surface area contributed by atoms with Gasteiger partial charge in [0.15, 0.2) is 0 Å². The molecule has 0 aliphatic carbocycles. The standard InChI is InChI=1S/C11H16BrN3/c1-8-3-2-4-15(8)7-9-5-11(13)14-6-10(9)12/h5-6,8H,2-4,7H2,1H3,(H2,13,14)/t8-/m1/s1. The number of nitrogens with two attached hydrogens (primary N) is 1. The largest absolute Gasteiger partial charge is 0.384 e. The van der Waals surface area contributed by atoms with Gasteiger partial charge in [0.2, 0.25) is 0 Å². The van der Waals surface area contributed by atoms with Crippen LogP contribution < -0.4 is 5.73 Å². The Hall–Kier alpha value is -0.610. The van der Waals surface area contributed by atoms with Crippen molar-refractivity contribution in [2.45, 2.75) is 32.4 Å². The van der Waals surface area contributed by atoms with E-state index >= 15 is 0 Å². The predicted octanol–water partition coefficient (Wildman–Crippen LogP) is 2.41. The highest BCUT2D eigenvalue weighted by Crippen LogP contribution is 2.24. The SMILES string of the molecule is C[C@@H]1CCCN1Cc1cc(N)ncc1Br. The molecule has 0 amide bonds. The van der Waals surface area contributed by atoms with Crippen LogP contribution in [0.1, 0.15) is 25.3 Å². The molecule has 2 rings (SSSR count). The first-order valence-corrected chi connectivity index (χ1v) is 6.10. The highest BCUT2D eigenvalue weighted by Gasteiger charge is 2.20. The number of likely N-dealkylation sites (tertiary alicyclic amines) is 1. The van der Waals surface area contributed by atoms with E-state index in [-0.39, 0.29) is 0 Å². The minimum atomic E-state index is 0.597.